The van der Waals surface area contributed by atoms with Crippen molar-refractivity contribution in [2.24, 2.45) is 0 Å². The van der Waals surface area contributed by atoms with Crippen molar-refractivity contribution in [1.82, 2.24) is 9.55 Å². The van der Waals surface area contributed by atoms with Crippen LogP contribution < -0.4 is 5.56 Å². The minimum atomic E-state index is 0.0158. The number of nitrogens with zero attached hydrogens (tertiary/aromatic N) is 2. The van der Waals surface area contributed by atoms with Crippen LogP contribution in [-0.2, 0) is 6.54 Å². The van der Waals surface area contributed by atoms with Gasteiger partial charge in [0, 0.05) is 15.9 Å². The molecular weight excluding hydrogens is 371 g/mol. The van der Waals surface area contributed by atoms with Crippen molar-refractivity contribution in [3.63, 3.8) is 0 Å². The Bertz CT molecular complexity index is 666. The fourth-order valence-corrected chi connectivity index (χ4v) is 3.12. The maximum Gasteiger partial charge on any atom is 0.262 e. The van der Waals surface area contributed by atoms with Crippen LogP contribution in [0.15, 0.2) is 40.8 Å². The topological polar surface area (TPSA) is 34.9 Å². The number of halogens is 1. The number of hydrogen-bond donors (Lipinski definition) is 0. The first-order valence-electron chi connectivity index (χ1n) is 6.11. The van der Waals surface area contributed by atoms with E-state index < -0.39 is 0 Å². The second-order valence-electron chi connectivity index (χ2n) is 4.11. The monoisotopic (exact) mass is 386 g/mol. The maximum atomic E-state index is 12.5. The van der Waals surface area contributed by atoms with Gasteiger partial charge in [0.15, 0.2) is 5.16 Å². The van der Waals surface area contributed by atoms with E-state index in [1.54, 1.807) is 22.4 Å². The summed E-state index contributed by atoms with van der Waals surface area (Å²) in [6.07, 6.45) is 2.79. The van der Waals surface area contributed by atoms with Crippen LogP contribution >= 0.6 is 34.4 Å². The molecule has 0 fully saturated rings. The lowest BCUT2D eigenvalue weighted by Crippen LogP contribution is -2.23. The fourth-order valence-electron chi connectivity index (χ4n) is 1.77. The van der Waals surface area contributed by atoms with E-state index >= 15 is 0 Å². The van der Waals surface area contributed by atoms with Crippen molar-refractivity contribution in [3.8, 4) is 0 Å². The van der Waals surface area contributed by atoms with Crippen molar-refractivity contribution in [2.45, 2.75) is 25.0 Å². The van der Waals surface area contributed by atoms with Crippen LogP contribution in [0.4, 0.5) is 0 Å². The number of fused-ring (bicyclic) bond motifs is 1. The van der Waals surface area contributed by atoms with Crippen LogP contribution in [0.25, 0.3) is 10.9 Å². The molecule has 0 atom stereocenters. The van der Waals surface area contributed by atoms with Crippen LogP contribution in [0.2, 0.25) is 0 Å². The van der Waals surface area contributed by atoms with Crippen molar-refractivity contribution in [3.05, 3.63) is 44.8 Å². The van der Waals surface area contributed by atoms with Crippen molar-refractivity contribution in [2.75, 3.05) is 5.75 Å². The molecule has 0 saturated heterocycles. The highest BCUT2D eigenvalue weighted by molar-refractivity contribution is 14.1. The second-order valence-corrected chi connectivity index (χ2v) is 6.42. The normalized spacial score (nSPS) is 10.8. The predicted molar refractivity (Wildman–Crippen MR) is 89.9 cm³/mol. The van der Waals surface area contributed by atoms with E-state index in [2.05, 4.69) is 41.1 Å². The summed E-state index contributed by atoms with van der Waals surface area (Å²) in [6, 6.07) is 5.77. The van der Waals surface area contributed by atoms with Gasteiger partial charge in [0.1, 0.15) is 0 Å². The van der Waals surface area contributed by atoms with Crippen LogP contribution in [0.5, 0.6) is 0 Å². The molecule has 19 heavy (non-hydrogen) atoms. The first-order valence-corrected chi connectivity index (χ1v) is 8.17. The summed E-state index contributed by atoms with van der Waals surface area (Å²) in [4.78, 5) is 17.1. The van der Waals surface area contributed by atoms with E-state index in [9.17, 15) is 4.79 Å². The largest absolute Gasteiger partial charge is 0.283 e. The Hall–Kier alpha value is -0.820. The summed E-state index contributed by atoms with van der Waals surface area (Å²) >= 11 is 3.83. The zero-order chi connectivity index (χ0) is 13.8. The van der Waals surface area contributed by atoms with E-state index in [1.165, 1.54) is 0 Å². The van der Waals surface area contributed by atoms with E-state index in [0.29, 0.717) is 11.9 Å². The van der Waals surface area contributed by atoms with Crippen molar-refractivity contribution < 1.29 is 0 Å². The Balaban J connectivity index is 2.66. The molecular formula is C14H15IN2OS. The van der Waals surface area contributed by atoms with Gasteiger partial charge in [-0.3, -0.25) is 9.36 Å². The van der Waals surface area contributed by atoms with Gasteiger partial charge >= 0.3 is 0 Å². The van der Waals surface area contributed by atoms with Crippen molar-refractivity contribution in [1.29, 1.82) is 0 Å². The standard InChI is InChI=1S/C14H15IN2OS/c1-3-7-17-13(18)11-9-10(15)5-6-12(11)16-14(17)19-8-4-2/h3,5-6,9H,1,4,7-8H2,2H3. The highest BCUT2D eigenvalue weighted by atomic mass is 127. The Labute approximate surface area is 130 Å². The average molecular weight is 386 g/mol. The third-order valence-electron chi connectivity index (χ3n) is 2.63. The third-order valence-corrected chi connectivity index (χ3v) is 4.48. The number of allylic oxidation sites excluding steroid dienone is 1. The Morgan fingerprint density at radius 3 is 3.00 bits per heavy atom. The molecule has 0 radical (unpaired) electrons. The van der Waals surface area contributed by atoms with Crippen LogP contribution in [0.1, 0.15) is 13.3 Å². The lowest BCUT2D eigenvalue weighted by Gasteiger charge is -2.11. The van der Waals surface area contributed by atoms with Gasteiger partial charge in [-0.05, 0) is 47.2 Å². The zero-order valence-electron chi connectivity index (χ0n) is 10.7. The molecule has 0 spiro atoms. The SMILES string of the molecule is C=CCn1c(SCCC)nc2ccc(I)cc2c1=O. The fraction of sp³-hybridized carbons (Fsp3) is 0.286. The number of hydrogen-bond acceptors (Lipinski definition) is 3. The lowest BCUT2D eigenvalue weighted by molar-refractivity contribution is 0.671. The average Bonchev–Trinajstić information content (AvgIpc) is 2.41. The van der Waals surface area contributed by atoms with Crippen LogP contribution in [-0.4, -0.2) is 15.3 Å². The van der Waals surface area contributed by atoms with Gasteiger partial charge in [-0.25, -0.2) is 4.98 Å². The molecule has 2 rings (SSSR count). The number of rotatable bonds is 5. The molecule has 0 N–H and O–H groups in total. The minimum absolute atomic E-state index is 0.0158. The highest BCUT2D eigenvalue weighted by Gasteiger charge is 2.10. The van der Waals surface area contributed by atoms with Crippen molar-refractivity contribution >= 4 is 45.3 Å². The third kappa shape index (κ3) is 3.20. The quantitative estimate of drug-likeness (QED) is 0.340. The van der Waals surface area contributed by atoms with Crippen LogP contribution in [0, 0.1) is 3.57 Å². The van der Waals surface area contributed by atoms with Crippen LogP contribution in [0.3, 0.4) is 0 Å². The summed E-state index contributed by atoms with van der Waals surface area (Å²) in [5.74, 6) is 0.958. The summed E-state index contributed by atoms with van der Waals surface area (Å²) in [5.41, 5.74) is 0.784. The van der Waals surface area contributed by atoms with E-state index in [4.69, 9.17) is 0 Å². The first kappa shape index (κ1) is 14.6. The predicted octanol–water partition coefficient (Wildman–Crippen LogP) is 3.69. The summed E-state index contributed by atoms with van der Waals surface area (Å²) in [6.45, 7) is 6.33. The second kappa shape index (κ2) is 6.56. The molecule has 100 valence electrons. The zero-order valence-corrected chi connectivity index (χ0v) is 13.7. The van der Waals surface area contributed by atoms with Gasteiger partial charge in [0.05, 0.1) is 10.9 Å². The van der Waals surface area contributed by atoms with Gasteiger partial charge in [-0.1, -0.05) is 24.8 Å². The minimum Gasteiger partial charge on any atom is -0.283 e. The molecule has 2 aromatic rings. The molecule has 1 aromatic carbocycles. The summed E-state index contributed by atoms with van der Waals surface area (Å²) in [7, 11) is 0. The number of aromatic nitrogens is 2. The molecule has 0 bridgehead atoms. The smallest absolute Gasteiger partial charge is 0.262 e. The highest BCUT2D eigenvalue weighted by Crippen LogP contribution is 2.19. The number of benzene rings is 1. The Morgan fingerprint density at radius 1 is 1.53 bits per heavy atom. The van der Waals surface area contributed by atoms with E-state index in [1.807, 2.05) is 18.2 Å². The number of thioether (sulfide) groups is 1. The first-order chi connectivity index (χ1) is 9.17. The van der Waals surface area contributed by atoms with Gasteiger partial charge < -0.3 is 0 Å². The molecule has 0 amide bonds. The van der Waals surface area contributed by atoms with Gasteiger partial charge in [-0.2, -0.15) is 0 Å². The molecule has 0 aliphatic carbocycles. The molecule has 0 aliphatic rings. The summed E-state index contributed by atoms with van der Waals surface area (Å²) in [5, 5.41) is 1.45. The van der Waals surface area contributed by atoms with Gasteiger partial charge in [-0.15, -0.1) is 6.58 Å². The van der Waals surface area contributed by atoms with Gasteiger partial charge in [0.25, 0.3) is 5.56 Å². The Morgan fingerprint density at radius 2 is 2.32 bits per heavy atom. The lowest BCUT2D eigenvalue weighted by atomic mass is 10.2. The summed E-state index contributed by atoms with van der Waals surface area (Å²) < 4.78 is 2.74. The molecule has 1 aromatic heterocycles. The molecule has 0 aliphatic heterocycles. The Kier molecular flexibility index (Phi) is 5.04. The molecule has 0 saturated carbocycles. The molecule has 5 heteroatoms. The maximum absolute atomic E-state index is 12.5. The van der Waals surface area contributed by atoms with E-state index in [-0.39, 0.29) is 5.56 Å². The molecule has 3 nitrogen and oxygen atoms in total. The van der Waals surface area contributed by atoms with Gasteiger partial charge in [0.2, 0.25) is 0 Å². The molecule has 1 heterocycles. The van der Waals surface area contributed by atoms with E-state index in [0.717, 1.165) is 26.4 Å². The molecule has 0 unspecified atom stereocenters.